The summed E-state index contributed by atoms with van der Waals surface area (Å²) in [5.41, 5.74) is 3.35. The van der Waals surface area contributed by atoms with Crippen molar-refractivity contribution in [3.63, 3.8) is 0 Å². The van der Waals surface area contributed by atoms with E-state index in [2.05, 4.69) is 37.4 Å². The molecule has 4 aromatic rings. The van der Waals surface area contributed by atoms with Crippen molar-refractivity contribution in [1.82, 2.24) is 5.32 Å². The summed E-state index contributed by atoms with van der Waals surface area (Å²) in [7, 11) is -3.94. The van der Waals surface area contributed by atoms with Crippen LogP contribution in [0.15, 0.2) is 108 Å². The fourth-order valence-corrected chi connectivity index (χ4v) is 6.06. The normalized spacial score (nSPS) is 12.3. The number of aryl methyl sites for hydroxylation is 2. The van der Waals surface area contributed by atoms with Gasteiger partial charge in [0, 0.05) is 12.1 Å². The SMILES string of the molecule is Cc1ccc(S(=O)(=O)N(Cc2ccccc2)c2ccc(OCC(O)CNC(C)(C)CCc3ccccc3)c(C#N)c2)cc1. The van der Waals surface area contributed by atoms with Gasteiger partial charge in [0.15, 0.2) is 0 Å². The van der Waals surface area contributed by atoms with Gasteiger partial charge in [-0.3, -0.25) is 4.31 Å². The number of hydrogen-bond donors (Lipinski definition) is 2. The van der Waals surface area contributed by atoms with Gasteiger partial charge in [0.1, 0.15) is 24.5 Å². The van der Waals surface area contributed by atoms with Gasteiger partial charge < -0.3 is 15.2 Å². The maximum absolute atomic E-state index is 13.8. The Bertz CT molecular complexity index is 1620. The number of β-amino-alcohol motifs (C(OH)–C–C–N with tert-alkyl or cyclic N) is 1. The number of nitriles is 1. The van der Waals surface area contributed by atoms with Crippen molar-refractivity contribution in [3.8, 4) is 11.8 Å². The number of anilines is 1. The zero-order valence-corrected chi connectivity index (χ0v) is 25.7. The molecule has 0 bridgehead atoms. The lowest BCUT2D eigenvalue weighted by molar-refractivity contribution is 0.0980. The summed E-state index contributed by atoms with van der Waals surface area (Å²) in [5.74, 6) is 0.279. The van der Waals surface area contributed by atoms with Crippen LogP contribution in [0.5, 0.6) is 5.75 Å². The molecule has 1 unspecified atom stereocenters. The Kier molecular flexibility index (Phi) is 10.6. The van der Waals surface area contributed by atoms with Gasteiger partial charge in [0.05, 0.1) is 22.7 Å². The third kappa shape index (κ3) is 8.91. The van der Waals surface area contributed by atoms with Crippen molar-refractivity contribution in [2.45, 2.75) is 56.7 Å². The summed E-state index contributed by atoms with van der Waals surface area (Å²) >= 11 is 0. The molecule has 0 aliphatic carbocycles. The van der Waals surface area contributed by atoms with E-state index < -0.39 is 16.1 Å². The van der Waals surface area contributed by atoms with E-state index >= 15 is 0 Å². The molecule has 43 heavy (non-hydrogen) atoms. The number of nitrogens with one attached hydrogen (secondary N) is 1. The fraction of sp³-hybridized carbons (Fsp3) is 0.286. The van der Waals surface area contributed by atoms with Crippen LogP contribution in [0, 0.1) is 18.3 Å². The van der Waals surface area contributed by atoms with Gasteiger partial charge in [0.25, 0.3) is 10.0 Å². The molecule has 1 atom stereocenters. The minimum atomic E-state index is -3.94. The molecule has 0 heterocycles. The average Bonchev–Trinajstić information content (AvgIpc) is 3.02. The minimum Gasteiger partial charge on any atom is -0.489 e. The van der Waals surface area contributed by atoms with Crippen molar-refractivity contribution in [1.29, 1.82) is 5.26 Å². The Morgan fingerprint density at radius 3 is 2.19 bits per heavy atom. The third-order valence-electron chi connectivity index (χ3n) is 7.28. The molecule has 0 fully saturated rings. The quantitative estimate of drug-likeness (QED) is 0.185. The molecule has 0 saturated carbocycles. The molecule has 0 saturated heterocycles. The zero-order chi connectivity index (χ0) is 30.9. The van der Waals surface area contributed by atoms with Crippen molar-refractivity contribution in [2.75, 3.05) is 17.5 Å². The number of nitrogens with zero attached hydrogens (tertiary/aromatic N) is 2. The highest BCUT2D eigenvalue weighted by atomic mass is 32.2. The predicted octanol–water partition coefficient (Wildman–Crippen LogP) is 6.00. The highest BCUT2D eigenvalue weighted by Gasteiger charge is 2.26. The molecule has 0 amide bonds. The van der Waals surface area contributed by atoms with Crippen molar-refractivity contribution in [3.05, 3.63) is 125 Å². The third-order valence-corrected chi connectivity index (χ3v) is 9.07. The topological polar surface area (TPSA) is 103 Å². The highest BCUT2D eigenvalue weighted by Crippen LogP contribution is 2.30. The largest absolute Gasteiger partial charge is 0.489 e. The second-order valence-electron chi connectivity index (χ2n) is 11.3. The molecule has 2 N–H and O–H groups in total. The monoisotopic (exact) mass is 597 g/mol. The summed E-state index contributed by atoms with van der Waals surface area (Å²) < 4.78 is 34.7. The van der Waals surface area contributed by atoms with E-state index in [1.54, 1.807) is 36.4 Å². The van der Waals surface area contributed by atoms with Crippen LogP contribution >= 0.6 is 0 Å². The number of sulfonamides is 1. The first-order valence-corrected chi connectivity index (χ1v) is 15.8. The molecular formula is C35H39N3O4S. The van der Waals surface area contributed by atoms with Gasteiger partial charge in [0.2, 0.25) is 0 Å². The fourth-order valence-electron chi connectivity index (χ4n) is 4.62. The van der Waals surface area contributed by atoms with Crippen LogP contribution in [0.3, 0.4) is 0 Å². The number of hydrogen-bond acceptors (Lipinski definition) is 6. The molecule has 4 rings (SSSR count). The first kappa shape index (κ1) is 31.8. The van der Waals surface area contributed by atoms with Gasteiger partial charge in [-0.15, -0.1) is 0 Å². The van der Waals surface area contributed by atoms with E-state index in [0.29, 0.717) is 12.2 Å². The zero-order valence-electron chi connectivity index (χ0n) is 24.9. The van der Waals surface area contributed by atoms with E-state index in [0.717, 1.165) is 24.0 Å². The second-order valence-corrected chi connectivity index (χ2v) is 13.2. The van der Waals surface area contributed by atoms with Crippen LogP contribution in [0.2, 0.25) is 0 Å². The molecular weight excluding hydrogens is 558 g/mol. The van der Waals surface area contributed by atoms with Crippen molar-refractivity contribution in [2.24, 2.45) is 0 Å². The van der Waals surface area contributed by atoms with Crippen molar-refractivity contribution >= 4 is 15.7 Å². The van der Waals surface area contributed by atoms with Gasteiger partial charge in [-0.1, -0.05) is 78.4 Å². The van der Waals surface area contributed by atoms with Crippen LogP contribution in [-0.2, 0) is 23.0 Å². The molecule has 7 nitrogen and oxygen atoms in total. The van der Waals surface area contributed by atoms with Crippen LogP contribution in [0.1, 0.15) is 42.5 Å². The van der Waals surface area contributed by atoms with Crippen LogP contribution in [-0.4, -0.2) is 38.3 Å². The lowest BCUT2D eigenvalue weighted by atomic mass is 9.95. The van der Waals surface area contributed by atoms with Crippen LogP contribution in [0.4, 0.5) is 5.69 Å². The summed E-state index contributed by atoms with van der Waals surface area (Å²) in [4.78, 5) is 0.162. The van der Waals surface area contributed by atoms with Gasteiger partial charge in [-0.25, -0.2) is 8.42 Å². The summed E-state index contributed by atoms with van der Waals surface area (Å²) in [5, 5.41) is 24.0. The first-order valence-electron chi connectivity index (χ1n) is 14.3. The van der Waals surface area contributed by atoms with Crippen LogP contribution < -0.4 is 14.4 Å². The minimum absolute atomic E-state index is 0.0226. The lowest BCUT2D eigenvalue weighted by Crippen LogP contribution is -2.45. The number of rotatable bonds is 14. The average molecular weight is 598 g/mol. The molecule has 0 radical (unpaired) electrons. The van der Waals surface area contributed by atoms with E-state index in [1.165, 1.54) is 15.9 Å². The Morgan fingerprint density at radius 2 is 1.56 bits per heavy atom. The highest BCUT2D eigenvalue weighted by molar-refractivity contribution is 7.92. The molecule has 0 spiro atoms. The molecule has 4 aromatic carbocycles. The first-order chi connectivity index (χ1) is 20.6. The molecule has 0 aliphatic heterocycles. The van der Waals surface area contributed by atoms with E-state index in [9.17, 15) is 18.8 Å². The van der Waals surface area contributed by atoms with E-state index in [4.69, 9.17) is 4.74 Å². The standard InChI is InChI=1S/C35H39N3O4S/c1-27-14-17-33(18-15-27)43(40,41)38(25-29-12-8-5-9-13-29)31-16-19-34(30(22-31)23-36)42-26-32(39)24-37-35(2,3)21-20-28-10-6-4-7-11-28/h4-19,22,32,37,39H,20-21,24-26H2,1-3H3. The second kappa shape index (κ2) is 14.3. The smallest absolute Gasteiger partial charge is 0.264 e. The maximum Gasteiger partial charge on any atom is 0.264 e. The van der Waals surface area contributed by atoms with Gasteiger partial charge in [-0.05, 0) is 75.1 Å². The Morgan fingerprint density at radius 1 is 0.930 bits per heavy atom. The van der Waals surface area contributed by atoms with E-state index in [1.807, 2.05) is 55.5 Å². The molecule has 0 aromatic heterocycles. The Balaban J connectivity index is 1.45. The summed E-state index contributed by atoms with van der Waals surface area (Å²) in [6, 6.07) is 33.1. The summed E-state index contributed by atoms with van der Waals surface area (Å²) in [6.45, 7) is 6.49. The van der Waals surface area contributed by atoms with Gasteiger partial charge in [-0.2, -0.15) is 5.26 Å². The summed E-state index contributed by atoms with van der Waals surface area (Å²) in [6.07, 6.45) is 1.01. The molecule has 224 valence electrons. The number of aliphatic hydroxyl groups is 1. The number of benzene rings is 4. The number of ether oxygens (including phenoxy) is 1. The molecule has 8 heteroatoms. The lowest BCUT2D eigenvalue weighted by Gasteiger charge is -2.28. The maximum atomic E-state index is 13.8. The number of aliphatic hydroxyl groups excluding tert-OH is 1. The van der Waals surface area contributed by atoms with Crippen LogP contribution in [0.25, 0.3) is 0 Å². The Hall–Kier alpha value is -4.16. The van der Waals surface area contributed by atoms with E-state index in [-0.39, 0.29) is 34.9 Å². The van der Waals surface area contributed by atoms with Gasteiger partial charge >= 0.3 is 0 Å². The van der Waals surface area contributed by atoms with Crippen molar-refractivity contribution < 1.29 is 18.3 Å². The predicted molar refractivity (Wildman–Crippen MR) is 170 cm³/mol. The Labute approximate surface area is 255 Å². The molecule has 0 aliphatic rings.